The zero-order valence-corrected chi connectivity index (χ0v) is 33.3. The zero-order valence-electron chi connectivity index (χ0n) is 32.3. The van der Waals surface area contributed by atoms with Gasteiger partial charge in [-0.2, -0.15) is 13.2 Å². The first-order valence-corrected chi connectivity index (χ1v) is 20.2. The van der Waals surface area contributed by atoms with E-state index in [9.17, 15) is 18.0 Å². The van der Waals surface area contributed by atoms with Gasteiger partial charge in [0.2, 0.25) is 0 Å². The predicted octanol–water partition coefficient (Wildman–Crippen LogP) is 10.4. The Bertz CT molecular complexity index is 1500. The van der Waals surface area contributed by atoms with E-state index in [-0.39, 0.29) is 29.0 Å². The molecule has 3 aromatic rings. The summed E-state index contributed by atoms with van der Waals surface area (Å²) >= 11 is 0. The summed E-state index contributed by atoms with van der Waals surface area (Å²) < 4.78 is 63.3. The fraction of sp³-hybridized carbons (Fsp3) is 0.512. The van der Waals surface area contributed by atoms with Crippen molar-refractivity contribution < 1.29 is 31.9 Å². The van der Waals surface area contributed by atoms with Gasteiger partial charge in [-0.25, -0.2) is 4.79 Å². The van der Waals surface area contributed by atoms with Crippen LogP contribution in [0.2, 0.25) is 5.04 Å². The van der Waals surface area contributed by atoms with Crippen LogP contribution in [0.4, 0.5) is 13.2 Å². The molecular weight excluding hydrogens is 666 g/mol. The third-order valence-electron chi connectivity index (χ3n) is 10.3. The standard InChI is InChI=1S/C43H59F3O4Si/c1-11-21-31(2)28-32(3)29-33(4)39(50-40(47)42(48-10,43(44,45)46)36-22-15-12-16-23-36)35(6)34(5)30-49-51(41(7,8)9,37-24-17-13-18-25-37)38-26-19-14-20-27-38/h12-20,22-27,31-33,39H,11,21,28-30H2,1-10H3/b35-34-/t31-,32-,33-,39-,42-/m0/s1. The molecule has 51 heavy (non-hydrogen) atoms. The van der Waals surface area contributed by atoms with Gasteiger partial charge in [0.25, 0.3) is 13.9 Å². The number of esters is 1. The summed E-state index contributed by atoms with van der Waals surface area (Å²) in [6, 6.07) is 27.6. The van der Waals surface area contributed by atoms with Gasteiger partial charge in [-0.05, 0) is 71.0 Å². The maximum absolute atomic E-state index is 15.0. The summed E-state index contributed by atoms with van der Waals surface area (Å²) in [5, 5.41) is 1.98. The van der Waals surface area contributed by atoms with Crippen molar-refractivity contribution in [1.82, 2.24) is 0 Å². The maximum Gasteiger partial charge on any atom is 0.432 e. The van der Waals surface area contributed by atoms with E-state index >= 15 is 0 Å². The van der Waals surface area contributed by atoms with Crippen LogP contribution in [0.1, 0.15) is 93.6 Å². The molecule has 0 N–H and O–H groups in total. The molecule has 0 heterocycles. The molecule has 4 nitrogen and oxygen atoms in total. The van der Waals surface area contributed by atoms with E-state index in [4.69, 9.17) is 13.9 Å². The largest absolute Gasteiger partial charge is 0.455 e. The van der Waals surface area contributed by atoms with Gasteiger partial charge < -0.3 is 13.9 Å². The van der Waals surface area contributed by atoms with Crippen LogP contribution in [-0.2, 0) is 24.3 Å². The lowest BCUT2D eigenvalue weighted by molar-refractivity contribution is -0.278. The monoisotopic (exact) mass is 724 g/mol. The molecule has 0 amide bonds. The molecular formula is C43H59F3O4Si. The van der Waals surface area contributed by atoms with Crippen molar-refractivity contribution in [2.75, 3.05) is 13.7 Å². The number of halogens is 3. The molecule has 280 valence electrons. The molecule has 3 rings (SSSR count). The first kappa shape index (κ1) is 42.2. The number of carbonyl (C=O) groups excluding carboxylic acids is 1. The van der Waals surface area contributed by atoms with Crippen molar-refractivity contribution in [2.24, 2.45) is 17.8 Å². The lowest BCUT2D eigenvalue weighted by atomic mass is 9.83. The summed E-state index contributed by atoms with van der Waals surface area (Å²) in [6.45, 7) is 19.1. The van der Waals surface area contributed by atoms with Gasteiger partial charge in [0, 0.05) is 12.7 Å². The van der Waals surface area contributed by atoms with Gasteiger partial charge >= 0.3 is 12.1 Å². The number of methoxy groups -OCH3 is 1. The van der Waals surface area contributed by atoms with Gasteiger partial charge in [0.15, 0.2) is 0 Å². The number of hydrogen-bond donors (Lipinski definition) is 0. The molecule has 0 aliphatic rings. The average Bonchev–Trinajstić information content (AvgIpc) is 3.07. The average molecular weight is 725 g/mol. The van der Waals surface area contributed by atoms with E-state index < -0.39 is 32.2 Å². The van der Waals surface area contributed by atoms with Crippen molar-refractivity contribution in [1.29, 1.82) is 0 Å². The predicted molar refractivity (Wildman–Crippen MR) is 205 cm³/mol. The van der Waals surface area contributed by atoms with Crippen LogP contribution in [-0.4, -0.2) is 40.3 Å². The Hall–Kier alpha value is -3.20. The smallest absolute Gasteiger partial charge is 0.432 e. The minimum Gasteiger partial charge on any atom is -0.455 e. The lowest BCUT2D eigenvalue weighted by Crippen LogP contribution is -2.66. The lowest BCUT2D eigenvalue weighted by Gasteiger charge is -2.43. The second-order valence-electron chi connectivity index (χ2n) is 15.4. The zero-order chi connectivity index (χ0) is 38.0. The third-order valence-corrected chi connectivity index (χ3v) is 15.3. The number of rotatable bonds is 17. The Morgan fingerprint density at radius 2 is 1.25 bits per heavy atom. The maximum atomic E-state index is 15.0. The minimum absolute atomic E-state index is 0.219. The van der Waals surface area contributed by atoms with Crippen molar-refractivity contribution in [3.63, 3.8) is 0 Å². The van der Waals surface area contributed by atoms with Crippen LogP contribution in [0.25, 0.3) is 0 Å². The molecule has 0 fully saturated rings. The SMILES string of the molecule is CCC[C@H](C)C[C@H](C)C[C@H](C)[C@H](OC(=O)[C@@](OC)(c1ccccc1)C(F)(F)F)/C(C)=C(/C)CO[Si](c1ccccc1)(c1ccccc1)C(C)(C)C. The minimum atomic E-state index is -5.07. The molecule has 0 saturated heterocycles. The van der Waals surface area contributed by atoms with E-state index in [0.29, 0.717) is 17.9 Å². The Labute approximate surface area is 305 Å². The number of carbonyl (C=O) groups is 1. The molecule has 0 spiro atoms. The summed E-state index contributed by atoms with van der Waals surface area (Å²) in [5.41, 5.74) is -2.11. The van der Waals surface area contributed by atoms with Crippen LogP contribution >= 0.6 is 0 Å². The van der Waals surface area contributed by atoms with Crippen LogP contribution in [0.15, 0.2) is 102 Å². The molecule has 0 bridgehead atoms. The normalized spacial score (nSPS) is 16.7. The highest BCUT2D eigenvalue weighted by Crippen LogP contribution is 2.44. The molecule has 0 aliphatic carbocycles. The van der Waals surface area contributed by atoms with E-state index in [1.54, 1.807) is 6.07 Å². The number of hydrogen-bond acceptors (Lipinski definition) is 4. The van der Waals surface area contributed by atoms with Crippen molar-refractivity contribution >= 4 is 24.7 Å². The van der Waals surface area contributed by atoms with Gasteiger partial charge in [-0.1, -0.05) is 152 Å². The second kappa shape index (κ2) is 18.0. The number of ether oxygens (including phenoxy) is 2. The molecule has 5 atom stereocenters. The van der Waals surface area contributed by atoms with E-state index in [1.165, 1.54) is 24.3 Å². The molecule has 0 aromatic heterocycles. The molecule has 8 heteroatoms. The number of benzene rings is 3. The first-order valence-electron chi connectivity index (χ1n) is 18.3. The fourth-order valence-electron chi connectivity index (χ4n) is 7.70. The summed E-state index contributed by atoms with van der Waals surface area (Å²) in [7, 11) is -2.01. The van der Waals surface area contributed by atoms with Crippen LogP contribution in [0.3, 0.4) is 0 Å². The van der Waals surface area contributed by atoms with Crippen LogP contribution in [0, 0.1) is 17.8 Å². The quantitative estimate of drug-likeness (QED) is 0.0790. The highest BCUT2D eigenvalue weighted by Gasteiger charge is 2.64. The molecule has 3 aromatic carbocycles. The van der Waals surface area contributed by atoms with Crippen molar-refractivity contribution in [3.8, 4) is 0 Å². The van der Waals surface area contributed by atoms with Gasteiger partial charge in [0.1, 0.15) is 6.10 Å². The van der Waals surface area contributed by atoms with Gasteiger partial charge in [-0.3, -0.25) is 0 Å². The molecule has 0 radical (unpaired) electrons. The Morgan fingerprint density at radius 3 is 1.69 bits per heavy atom. The second-order valence-corrected chi connectivity index (χ2v) is 19.7. The van der Waals surface area contributed by atoms with E-state index in [0.717, 1.165) is 42.3 Å². The van der Waals surface area contributed by atoms with Crippen molar-refractivity contribution in [2.45, 2.75) is 111 Å². The Morgan fingerprint density at radius 1 is 0.765 bits per heavy atom. The van der Waals surface area contributed by atoms with Crippen LogP contribution < -0.4 is 10.4 Å². The Balaban J connectivity index is 2.11. The van der Waals surface area contributed by atoms with Crippen molar-refractivity contribution in [3.05, 3.63) is 108 Å². The Kier molecular flexibility index (Phi) is 14.9. The van der Waals surface area contributed by atoms with Gasteiger partial charge in [-0.15, -0.1) is 0 Å². The summed E-state index contributed by atoms with van der Waals surface area (Å²) in [5.74, 6) is -0.972. The van der Waals surface area contributed by atoms with E-state index in [2.05, 4.69) is 65.8 Å². The summed E-state index contributed by atoms with van der Waals surface area (Å²) in [6.07, 6.45) is -2.17. The highest BCUT2D eigenvalue weighted by molar-refractivity contribution is 6.99. The third kappa shape index (κ3) is 9.62. The molecule has 0 aliphatic heterocycles. The molecule has 0 saturated carbocycles. The van der Waals surface area contributed by atoms with Gasteiger partial charge in [0.05, 0.1) is 6.61 Å². The number of alkyl halides is 3. The van der Waals surface area contributed by atoms with Crippen LogP contribution in [0.5, 0.6) is 0 Å². The molecule has 0 unspecified atom stereocenters. The fourth-order valence-corrected chi connectivity index (χ4v) is 12.3. The topological polar surface area (TPSA) is 44.8 Å². The highest BCUT2D eigenvalue weighted by atomic mass is 28.4. The first-order chi connectivity index (χ1) is 24.0. The van der Waals surface area contributed by atoms with E-state index in [1.807, 2.05) is 57.2 Å². The summed E-state index contributed by atoms with van der Waals surface area (Å²) in [4.78, 5) is 14.0.